The molecule has 0 aliphatic heterocycles. The number of rotatable bonds is 1. The monoisotopic (exact) mass is 234 g/mol. The summed E-state index contributed by atoms with van der Waals surface area (Å²) in [5.41, 5.74) is 0.0552. The van der Waals surface area contributed by atoms with Crippen molar-refractivity contribution in [3.63, 3.8) is 0 Å². The van der Waals surface area contributed by atoms with Crippen LogP contribution in [0, 0.1) is 23.2 Å². The zero-order valence-electron chi connectivity index (χ0n) is 7.93. The quantitative estimate of drug-likeness (QED) is 0.515. The Labute approximate surface area is 92.9 Å². The van der Waals surface area contributed by atoms with E-state index in [1.807, 2.05) is 0 Å². The molecule has 78 valence electrons. The van der Waals surface area contributed by atoms with Crippen LogP contribution in [0.15, 0.2) is 0 Å². The van der Waals surface area contributed by atoms with Crippen molar-refractivity contribution in [2.75, 3.05) is 7.11 Å². The van der Waals surface area contributed by atoms with E-state index in [0.717, 1.165) is 19.3 Å². The fraction of sp³-hybridized carbons (Fsp3) is 0.900. The average Bonchev–Trinajstić information content (AvgIpc) is 2.50. The van der Waals surface area contributed by atoms with Crippen molar-refractivity contribution < 1.29 is 9.53 Å². The summed E-state index contributed by atoms with van der Waals surface area (Å²) in [6, 6.07) is 0. The summed E-state index contributed by atoms with van der Waals surface area (Å²) in [6.45, 7) is 0. The molecule has 4 heteroatoms. The number of hydrogen-bond donors (Lipinski definition) is 0. The Kier molecular flexibility index (Phi) is 1.60. The molecule has 4 fully saturated rings. The SMILES string of the molecule is COC(=O)[C@H]1[C@H]2C[C@@H]1[C@@]1(C2)CC1(Cl)Cl. The van der Waals surface area contributed by atoms with Crippen molar-refractivity contribution in [1.29, 1.82) is 0 Å². The topological polar surface area (TPSA) is 26.3 Å². The summed E-state index contributed by atoms with van der Waals surface area (Å²) in [5.74, 6) is 0.875. The van der Waals surface area contributed by atoms with Gasteiger partial charge in [0.2, 0.25) is 0 Å². The molecule has 14 heavy (non-hydrogen) atoms. The maximum absolute atomic E-state index is 11.5. The van der Waals surface area contributed by atoms with Crippen LogP contribution in [0.1, 0.15) is 19.3 Å². The van der Waals surface area contributed by atoms with Crippen molar-refractivity contribution in [3.05, 3.63) is 0 Å². The molecule has 1 spiro atoms. The van der Waals surface area contributed by atoms with E-state index in [-0.39, 0.29) is 17.3 Å². The predicted octanol–water partition coefficient (Wildman–Crippen LogP) is 2.38. The average molecular weight is 235 g/mol. The first-order valence-electron chi connectivity index (χ1n) is 4.97. The van der Waals surface area contributed by atoms with Gasteiger partial charge in [-0.15, -0.1) is 23.2 Å². The number of carbonyl (C=O) groups is 1. The molecule has 0 amide bonds. The molecular formula is C10H12Cl2O2. The van der Waals surface area contributed by atoms with E-state index in [9.17, 15) is 4.79 Å². The van der Waals surface area contributed by atoms with E-state index in [1.165, 1.54) is 7.11 Å². The summed E-state index contributed by atoms with van der Waals surface area (Å²) in [5, 5.41) is 0. The summed E-state index contributed by atoms with van der Waals surface area (Å²) < 4.78 is 4.24. The van der Waals surface area contributed by atoms with Gasteiger partial charge in [-0.3, -0.25) is 4.79 Å². The highest BCUT2D eigenvalue weighted by atomic mass is 35.5. The Morgan fingerprint density at radius 1 is 1.50 bits per heavy atom. The van der Waals surface area contributed by atoms with E-state index < -0.39 is 4.33 Å². The molecule has 4 atom stereocenters. The lowest BCUT2D eigenvalue weighted by atomic mass is 9.70. The molecule has 0 aromatic rings. The highest BCUT2D eigenvalue weighted by molar-refractivity contribution is 6.51. The van der Waals surface area contributed by atoms with Gasteiger partial charge >= 0.3 is 5.97 Å². The minimum atomic E-state index is -0.560. The standard InChI is InChI=1S/C10H12Cl2O2/c1-14-8(13)7-5-2-6(7)9(3-5)4-10(9,11)12/h5-7H,2-4H2,1H3/t5-,6-,7-,9+/m0/s1. The minimum absolute atomic E-state index is 0.0552. The van der Waals surface area contributed by atoms with Crippen molar-refractivity contribution in [2.45, 2.75) is 23.6 Å². The first-order chi connectivity index (χ1) is 6.52. The first-order valence-corrected chi connectivity index (χ1v) is 5.73. The van der Waals surface area contributed by atoms with Gasteiger partial charge in [0.15, 0.2) is 0 Å². The number of methoxy groups -OCH3 is 1. The second-order valence-electron chi connectivity index (χ2n) is 4.89. The normalized spacial score (nSPS) is 51.5. The fourth-order valence-electron chi connectivity index (χ4n) is 3.62. The summed E-state index contributed by atoms with van der Waals surface area (Å²) >= 11 is 12.3. The molecule has 4 saturated carbocycles. The zero-order valence-corrected chi connectivity index (χ0v) is 9.44. The number of carbonyl (C=O) groups excluding carboxylic acids is 1. The van der Waals surface area contributed by atoms with Crippen LogP contribution < -0.4 is 0 Å². The van der Waals surface area contributed by atoms with Crippen LogP contribution >= 0.6 is 23.2 Å². The molecule has 0 radical (unpaired) electrons. The van der Waals surface area contributed by atoms with Crippen LogP contribution in [0.3, 0.4) is 0 Å². The van der Waals surface area contributed by atoms with Crippen LogP contribution in [0.5, 0.6) is 0 Å². The lowest BCUT2D eigenvalue weighted by Gasteiger charge is -2.34. The molecule has 0 aromatic heterocycles. The number of esters is 1. The molecule has 4 rings (SSSR count). The van der Waals surface area contributed by atoms with E-state index in [0.29, 0.717) is 11.8 Å². The summed E-state index contributed by atoms with van der Waals surface area (Å²) in [6.07, 6.45) is 2.99. The largest absolute Gasteiger partial charge is 0.469 e. The molecule has 4 aliphatic rings. The van der Waals surface area contributed by atoms with Gasteiger partial charge in [-0.1, -0.05) is 0 Å². The van der Waals surface area contributed by atoms with Gasteiger partial charge in [0.05, 0.1) is 13.0 Å². The second-order valence-corrected chi connectivity index (χ2v) is 6.38. The number of hydrogen-bond acceptors (Lipinski definition) is 2. The smallest absolute Gasteiger partial charge is 0.309 e. The zero-order chi connectivity index (χ0) is 10.1. The van der Waals surface area contributed by atoms with E-state index in [1.54, 1.807) is 0 Å². The summed E-state index contributed by atoms with van der Waals surface area (Å²) in [4.78, 5) is 11.5. The Bertz CT molecular complexity index is 315. The maximum atomic E-state index is 11.5. The second kappa shape index (κ2) is 2.41. The maximum Gasteiger partial charge on any atom is 0.309 e. The van der Waals surface area contributed by atoms with Gasteiger partial charge in [-0.05, 0) is 31.1 Å². The highest BCUT2D eigenvalue weighted by Gasteiger charge is 2.79. The lowest BCUT2D eigenvalue weighted by Crippen LogP contribution is -2.38. The van der Waals surface area contributed by atoms with Crippen LogP contribution in [0.25, 0.3) is 0 Å². The van der Waals surface area contributed by atoms with Gasteiger partial charge in [0.1, 0.15) is 4.33 Å². The van der Waals surface area contributed by atoms with Gasteiger partial charge in [0.25, 0.3) is 0 Å². The molecule has 0 aromatic carbocycles. The van der Waals surface area contributed by atoms with Crippen molar-refractivity contribution in [1.82, 2.24) is 0 Å². The number of halogens is 2. The number of alkyl halides is 2. The highest BCUT2D eigenvalue weighted by Crippen LogP contribution is 2.81. The first kappa shape index (κ1) is 9.29. The third-order valence-electron chi connectivity index (χ3n) is 4.45. The Hall–Kier alpha value is 0.0500. The number of ether oxygens (including phenoxy) is 1. The van der Waals surface area contributed by atoms with Crippen molar-refractivity contribution in [2.24, 2.45) is 23.2 Å². The van der Waals surface area contributed by atoms with E-state index in [2.05, 4.69) is 0 Å². The van der Waals surface area contributed by atoms with Gasteiger partial charge in [-0.25, -0.2) is 0 Å². The van der Waals surface area contributed by atoms with Gasteiger partial charge in [0, 0.05) is 5.41 Å². The van der Waals surface area contributed by atoms with Crippen molar-refractivity contribution in [3.8, 4) is 0 Å². The predicted molar refractivity (Wildman–Crippen MR) is 53.2 cm³/mol. The molecular weight excluding hydrogens is 223 g/mol. The van der Waals surface area contributed by atoms with Crippen LogP contribution in [-0.2, 0) is 9.53 Å². The summed E-state index contributed by atoms with van der Waals surface area (Å²) in [7, 11) is 1.45. The fourth-order valence-corrected chi connectivity index (χ4v) is 4.53. The lowest BCUT2D eigenvalue weighted by molar-refractivity contribution is -0.153. The van der Waals surface area contributed by atoms with E-state index >= 15 is 0 Å². The molecule has 0 unspecified atom stereocenters. The van der Waals surface area contributed by atoms with Gasteiger partial charge < -0.3 is 4.74 Å². The van der Waals surface area contributed by atoms with E-state index in [4.69, 9.17) is 27.9 Å². The van der Waals surface area contributed by atoms with Crippen LogP contribution in [-0.4, -0.2) is 17.4 Å². The Morgan fingerprint density at radius 2 is 2.14 bits per heavy atom. The molecule has 2 nitrogen and oxygen atoms in total. The molecule has 0 saturated heterocycles. The molecule has 2 bridgehead atoms. The third-order valence-corrected chi connectivity index (χ3v) is 5.47. The van der Waals surface area contributed by atoms with Gasteiger partial charge in [-0.2, -0.15) is 0 Å². The molecule has 4 aliphatic carbocycles. The molecule has 0 heterocycles. The Balaban J connectivity index is 1.83. The van der Waals surface area contributed by atoms with Crippen LogP contribution in [0.4, 0.5) is 0 Å². The van der Waals surface area contributed by atoms with Crippen molar-refractivity contribution >= 4 is 29.2 Å². The molecule has 0 N–H and O–H groups in total. The Morgan fingerprint density at radius 3 is 2.57 bits per heavy atom. The van der Waals surface area contributed by atoms with Crippen LogP contribution in [0.2, 0.25) is 0 Å². The minimum Gasteiger partial charge on any atom is -0.469 e. The third kappa shape index (κ3) is 0.832.